The van der Waals surface area contributed by atoms with Crippen molar-refractivity contribution in [2.75, 3.05) is 30.8 Å². The van der Waals surface area contributed by atoms with Crippen LogP contribution in [-0.2, 0) is 22.6 Å². The quantitative estimate of drug-likeness (QED) is 0.177. The lowest BCUT2D eigenvalue weighted by atomic mass is 9.93. The molecular formula is C35H35FN2O5S. The van der Waals surface area contributed by atoms with Crippen molar-refractivity contribution in [1.82, 2.24) is 5.32 Å². The predicted octanol–water partition coefficient (Wildman–Crippen LogP) is 6.76. The van der Waals surface area contributed by atoms with Crippen LogP contribution in [0, 0.1) is 12.7 Å². The van der Waals surface area contributed by atoms with E-state index in [9.17, 15) is 14.0 Å². The molecule has 4 aromatic rings. The van der Waals surface area contributed by atoms with Crippen molar-refractivity contribution in [3.8, 4) is 22.6 Å². The van der Waals surface area contributed by atoms with E-state index in [-0.39, 0.29) is 18.5 Å². The zero-order chi connectivity index (χ0) is 31.1. The van der Waals surface area contributed by atoms with Gasteiger partial charge < -0.3 is 24.4 Å². The Morgan fingerprint density at radius 3 is 2.41 bits per heavy atom. The number of carbonyl (C=O) groups excluding carboxylic acids is 2. The Bertz CT molecular complexity index is 1630. The van der Waals surface area contributed by atoms with Gasteiger partial charge in [0.15, 0.2) is 11.5 Å². The number of halogens is 1. The Hall–Kier alpha value is -4.50. The first-order chi connectivity index (χ1) is 21.4. The minimum atomic E-state index is -0.749. The average Bonchev–Trinajstić information content (AvgIpc) is 3.51. The number of fused-ring (bicyclic) bond motifs is 1. The minimum absolute atomic E-state index is 0.175. The van der Waals surface area contributed by atoms with Crippen molar-refractivity contribution in [2.45, 2.75) is 32.5 Å². The number of hydrogen-bond acceptors (Lipinski definition) is 7. The first-order valence-corrected chi connectivity index (χ1v) is 15.7. The number of carbonyl (C=O) groups is 2. The van der Waals surface area contributed by atoms with Crippen LogP contribution in [0.15, 0.2) is 84.9 Å². The highest BCUT2D eigenvalue weighted by molar-refractivity contribution is 7.98. The van der Waals surface area contributed by atoms with E-state index in [0.29, 0.717) is 42.3 Å². The van der Waals surface area contributed by atoms with Crippen LogP contribution >= 0.6 is 11.8 Å². The Balaban J connectivity index is 1.51. The van der Waals surface area contributed by atoms with E-state index in [1.165, 1.54) is 19.2 Å². The van der Waals surface area contributed by atoms with E-state index < -0.39 is 12.0 Å². The number of thioether (sulfide) groups is 1. The van der Waals surface area contributed by atoms with Crippen molar-refractivity contribution in [2.24, 2.45) is 0 Å². The summed E-state index contributed by atoms with van der Waals surface area (Å²) >= 11 is 1.60. The third kappa shape index (κ3) is 7.34. The fourth-order valence-electron chi connectivity index (χ4n) is 5.20. The standard InChI is InChI=1S/C35H35FN2O5S/c1-23-6-4-5-7-28(23)30-18-25(10-14-29(30)34(39)37-31(16-17-44-3)35(40)41-2)21-38(20-24-8-11-26(36)12-9-24)27-13-15-32-33(19-27)43-22-42-32/h4-15,18-19,31H,16-17,20-22H2,1-3H3,(H,37,39)/t31-/m0/s1. The molecule has 1 aliphatic heterocycles. The number of esters is 1. The largest absolute Gasteiger partial charge is 0.467 e. The van der Waals surface area contributed by atoms with Crippen LogP contribution in [0.3, 0.4) is 0 Å². The molecule has 1 amide bonds. The van der Waals surface area contributed by atoms with Crippen molar-refractivity contribution >= 4 is 29.3 Å². The summed E-state index contributed by atoms with van der Waals surface area (Å²) in [6, 6.07) is 25.2. The van der Waals surface area contributed by atoms with E-state index >= 15 is 0 Å². The molecule has 228 valence electrons. The van der Waals surface area contributed by atoms with Gasteiger partial charge in [-0.3, -0.25) is 4.79 Å². The summed E-state index contributed by atoms with van der Waals surface area (Å²) < 4.78 is 29.8. The number of anilines is 1. The van der Waals surface area contributed by atoms with Crippen molar-refractivity contribution in [1.29, 1.82) is 0 Å². The normalized spacial score (nSPS) is 12.5. The zero-order valence-corrected chi connectivity index (χ0v) is 25.8. The highest BCUT2D eigenvalue weighted by Gasteiger charge is 2.24. The minimum Gasteiger partial charge on any atom is -0.467 e. The number of amides is 1. The second-order valence-corrected chi connectivity index (χ2v) is 11.5. The summed E-state index contributed by atoms with van der Waals surface area (Å²) in [5.74, 6) is 0.958. The molecule has 0 saturated carbocycles. The number of methoxy groups -OCH3 is 1. The number of ether oxygens (including phenoxy) is 3. The molecule has 44 heavy (non-hydrogen) atoms. The summed E-state index contributed by atoms with van der Waals surface area (Å²) in [5, 5.41) is 2.90. The second-order valence-electron chi connectivity index (χ2n) is 10.5. The molecule has 7 nitrogen and oxygen atoms in total. The number of hydrogen-bond donors (Lipinski definition) is 1. The zero-order valence-electron chi connectivity index (χ0n) is 25.0. The van der Waals surface area contributed by atoms with E-state index in [1.807, 2.05) is 73.8 Å². The molecule has 0 aromatic heterocycles. The molecule has 0 bridgehead atoms. The first kappa shape index (κ1) is 30.9. The molecule has 0 saturated heterocycles. The molecule has 0 radical (unpaired) electrons. The molecule has 0 unspecified atom stereocenters. The van der Waals surface area contributed by atoms with Gasteiger partial charge in [-0.05, 0) is 89.6 Å². The molecule has 0 fully saturated rings. The van der Waals surface area contributed by atoms with Gasteiger partial charge in [-0.25, -0.2) is 9.18 Å². The maximum atomic E-state index is 13.7. The first-order valence-electron chi connectivity index (χ1n) is 14.3. The lowest BCUT2D eigenvalue weighted by Gasteiger charge is -2.26. The van der Waals surface area contributed by atoms with Gasteiger partial charge in [0.1, 0.15) is 11.9 Å². The third-order valence-corrected chi connectivity index (χ3v) is 8.19. The number of rotatable bonds is 12. The lowest BCUT2D eigenvalue weighted by molar-refractivity contribution is -0.142. The Morgan fingerprint density at radius 2 is 1.66 bits per heavy atom. The fraction of sp³-hybridized carbons (Fsp3) is 0.257. The van der Waals surface area contributed by atoms with Gasteiger partial charge in [-0.15, -0.1) is 0 Å². The summed E-state index contributed by atoms with van der Waals surface area (Å²) in [6.07, 6.45) is 2.42. The van der Waals surface area contributed by atoms with Gasteiger partial charge in [0.25, 0.3) is 5.91 Å². The number of benzene rings is 4. The average molecular weight is 615 g/mol. The van der Waals surface area contributed by atoms with E-state index in [2.05, 4.69) is 10.2 Å². The molecule has 1 aliphatic rings. The summed E-state index contributed by atoms with van der Waals surface area (Å²) in [6.45, 7) is 3.19. The molecule has 1 heterocycles. The molecule has 0 spiro atoms. The monoisotopic (exact) mass is 614 g/mol. The van der Waals surface area contributed by atoms with Gasteiger partial charge in [0.05, 0.1) is 7.11 Å². The van der Waals surface area contributed by atoms with Crippen molar-refractivity contribution in [3.05, 3.63) is 113 Å². The Kier molecular flexibility index (Phi) is 10.1. The topological polar surface area (TPSA) is 77.1 Å². The molecule has 1 atom stereocenters. The highest BCUT2D eigenvalue weighted by atomic mass is 32.2. The molecular weight excluding hydrogens is 579 g/mol. The van der Waals surface area contributed by atoms with Crippen LogP contribution in [0.2, 0.25) is 0 Å². The third-order valence-electron chi connectivity index (χ3n) is 7.55. The van der Waals surface area contributed by atoms with Crippen LogP contribution in [-0.4, -0.2) is 43.8 Å². The molecule has 5 rings (SSSR count). The van der Waals surface area contributed by atoms with Crippen molar-refractivity contribution in [3.63, 3.8) is 0 Å². The van der Waals surface area contributed by atoms with Gasteiger partial charge in [-0.2, -0.15) is 11.8 Å². The predicted molar refractivity (Wildman–Crippen MR) is 172 cm³/mol. The smallest absolute Gasteiger partial charge is 0.328 e. The highest BCUT2D eigenvalue weighted by Crippen LogP contribution is 2.37. The molecule has 4 aromatic carbocycles. The lowest BCUT2D eigenvalue weighted by Crippen LogP contribution is -2.42. The van der Waals surface area contributed by atoms with Gasteiger partial charge in [-0.1, -0.05) is 42.5 Å². The number of aryl methyl sites for hydroxylation is 1. The van der Waals surface area contributed by atoms with Crippen molar-refractivity contribution < 1.29 is 28.2 Å². The van der Waals surface area contributed by atoms with E-state index in [0.717, 1.165) is 33.5 Å². The number of nitrogens with one attached hydrogen (secondary N) is 1. The second kappa shape index (κ2) is 14.3. The summed E-state index contributed by atoms with van der Waals surface area (Å²) in [4.78, 5) is 28.3. The summed E-state index contributed by atoms with van der Waals surface area (Å²) in [7, 11) is 1.33. The Morgan fingerprint density at radius 1 is 0.932 bits per heavy atom. The van der Waals surface area contributed by atoms with Crippen LogP contribution < -0.4 is 19.7 Å². The molecule has 0 aliphatic carbocycles. The van der Waals surface area contributed by atoms with Crippen LogP contribution in [0.1, 0.15) is 33.5 Å². The van der Waals surface area contributed by atoms with Gasteiger partial charge >= 0.3 is 5.97 Å². The van der Waals surface area contributed by atoms with Gasteiger partial charge in [0.2, 0.25) is 6.79 Å². The summed E-state index contributed by atoms with van der Waals surface area (Å²) in [5.41, 5.74) is 5.99. The fourth-order valence-corrected chi connectivity index (χ4v) is 5.67. The van der Waals surface area contributed by atoms with Crippen LogP contribution in [0.5, 0.6) is 11.5 Å². The van der Waals surface area contributed by atoms with E-state index in [4.69, 9.17) is 14.2 Å². The number of nitrogens with zero attached hydrogens (tertiary/aromatic N) is 1. The Labute approximate surface area is 261 Å². The SMILES string of the molecule is COC(=O)[C@H](CCSC)NC(=O)c1ccc(CN(Cc2ccc(F)cc2)c2ccc3c(c2)OCO3)cc1-c1ccccc1C. The van der Waals surface area contributed by atoms with E-state index in [1.54, 1.807) is 23.9 Å². The molecule has 1 N–H and O–H groups in total. The molecule has 9 heteroatoms. The maximum Gasteiger partial charge on any atom is 0.328 e. The van der Waals surface area contributed by atoms with Gasteiger partial charge in [0, 0.05) is 30.4 Å². The van der Waals surface area contributed by atoms with Crippen LogP contribution in [0.25, 0.3) is 11.1 Å². The van der Waals surface area contributed by atoms with Crippen LogP contribution in [0.4, 0.5) is 10.1 Å². The maximum absolute atomic E-state index is 13.7.